The molecule has 0 heterocycles. The minimum atomic E-state index is -4.08. The predicted octanol–water partition coefficient (Wildman–Crippen LogP) is 5.74. The summed E-state index contributed by atoms with van der Waals surface area (Å²) in [6.45, 7) is 5.18. The number of carbonyl (C=O) groups excluding carboxylic acids is 2. The maximum absolute atomic E-state index is 13.9. The molecule has 7 nitrogen and oxygen atoms in total. The number of sulfonamides is 1. The lowest BCUT2D eigenvalue weighted by atomic mass is 10.1. The van der Waals surface area contributed by atoms with Crippen LogP contribution >= 0.6 is 31.9 Å². The first-order valence-corrected chi connectivity index (χ1v) is 15.2. The van der Waals surface area contributed by atoms with Gasteiger partial charge in [-0.3, -0.25) is 13.9 Å². The summed E-state index contributed by atoms with van der Waals surface area (Å²) in [6.07, 6.45) is 0.742. The molecule has 0 fully saturated rings. The number of amides is 2. The van der Waals surface area contributed by atoms with Gasteiger partial charge in [0.25, 0.3) is 10.0 Å². The highest BCUT2D eigenvalue weighted by Crippen LogP contribution is 2.26. The van der Waals surface area contributed by atoms with E-state index in [1.807, 2.05) is 38.1 Å². The fourth-order valence-corrected chi connectivity index (χ4v) is 5.65. The number of halogens is 2. The highest BCUT2D eigenvalue weighted by Gasteiger charge is 2.32. The van der Waals surface area contributed by atoms with E-state index in [2.05, 4.69) is 37.2 Å². The Morgan fingerprint density at radius 3 is 1.97 bits per heavy atom. The Balaban J connectivity index is 2.00. The van der Waals surface area contributed by atoms with Crippen LogP contribution in [0.15, 0.2) is 92.7 Å². The quantitative estimate of drug-likeness (QED) is 0.283. The average Bonchev–Trinajstić information content (AvgIpc) is 2.91. The molecule has 0 aliphatic heterocycles. The summed E-state index contributed by atoms with van der Waals surface area (Å²) in [6, 6.07) is 21.2. The lowest BCUT2D eigenvalue weighted by Crippen LogP contribution is -2.52. The summed E-state index contributed by atoms with van der Waals surface area (Å²) in [5.41, 5.74) is 1.15. The van der Waals surface area contributed by atoms with Gasteiger partial charge in [-0.2, -0.15) is 0 Å². The van der Waals surface area contributed by atoms with Gasteiger partial charge < -0.3 is 10.2 Å². The maximum atomic E-state index is 13.9. The second-order valence-corrected chi connectivity index (χ2v) is 12.6. The minimum absolute atomic E-state index is 0.0627. The summed E-state index contributed by atoms with van der Waals surface area (Å²) in [4.78, 5) is 28.4. The molecule has 3 rings (SSSR count). The molecular weight excluding hydrogens is 634 g/mol. The molecule has 0 saturated carbocycles. The van der Waals surface area contributed by atoms with Crippen molar-refractivity contribution in [2.75, 3.05) is 10.8 Å². The average molecular weight is 665 g/mol. The van der Waals surface area contributed by atoms with Gasteiger partial charge >= 0.3 is 0 Å². The monoisotopic (exact) mass is 663 g/mol. The van der Waals surface area contributed by atoms with Gasteiger partial charge in [-0.15, -0.1) is 0 Å². The van der Waals surface area contributed by atoms with Gasteiger partial charge in [0.2, 0.25) is 11.8 Å². The summed E-state index contributed by atoms with van der Waals surface area (Å²) in [7, 11) is -4.08. The minimum Gasteiger partial charge on any atom is -0.352 e. The van der Waals surface area contributed by atoms with E-state index < -0.39 is 28.5 Å². The van der Waals surface area contributed by atoms with Crippen molar-refractivity contribution in [3.05, 3.63) is 93.4 Å². The summed E-state index contributed by atoms with van der Waals surface area (Å²) >= 11 is 6.79. The van der Waals surface area contributed by atoms with Crippen LogP contribution in [-0.2, 0) is 26.2 Å². The van der Waals surface area contributed by atoms with E-state index in [1.165, 1.54) is 17.0 Å². The third-order valence-corrected chi connectivity index (χ3v) is 9.00. The van der Waals surface area contributed by atoms with Crippen LogP contribution < -0.4 is 9.62 Å². The standard InChI is InChI=1S/C28H31Br2N3O4S/c1-4-20(2)31-28(35)21(3)32(18-22-10-12-23(29)13-11-22)27(34)19-33(25-16-14-24(30)15-17-25)38(36,37)26-8-6-5-7-9-26/h5-17,20-21H,4,18-19H2,1-3H3,(H,31,35)/t20-,21+/m0/s1. The van der Waals surface area contributed by atoms with Crippen molar-refractivity contribution in [2.24, 2.45) is 0 Å². The van der Waals surface area contributed by atoms with Crippen molar-refractivity contribution in [3.8, 4) is 0 Å². The number of hydrogen-bond donors (Lipinski definition) is 1. The zero-order chi connectivity index (χ0) is 27.9. The normalized spacial score (nSPS) is 12.9. The van der Waals surface area contributed by atoms with Gasteiger partial charge in [0.15, 0.2) is 0 Å². The summed E-state index contributed by atoms with van der Waals surface area (Å²) in [5, 5.41) is 2.93. The molecule has 0 saturated heterocycles. The van der Waals surface area contributed by atoms with Crippen molar-refractivity contribution in [3.63, 3.8) is 0 Å². The Kier molecular flexibility index (Phi) is 10.5. The number of carbonyl (C=O) groups is 2. The number of nitrogens with one attached hydrogen (secondary N) is 1. The van der Waals surface area contributed by atoms with E-state index in [4.69, 9.17) is 0 Å². The second kappa shape index (κ2) is 13.4. The van der Waals surface area contributed by atoms with Crippen LogP contribution in [0.3, 0.4) is 0 Å². The van der Waals surface area contributed by atoms with E-state index >= 15 is 0 Å². The lowest BCUT2D eigenvalue weighted by Gasteiger charge is -2.32. The molecule has 0 bridgehead atoms. The van der Waals surface area contributed by atoms with Gasteiger partial charge in [0.1, 0.15) is 12.6 Å². The fraction of sp³-hybridized carbons (Fsp3) is 0.286. The molecule has 202 valence electrons. The topological polar surface area (TPSA) is 86.8 Å². The van der Waals surface area contributed by atoms with E-state index in [0.29, 0.717) is 5.69 Å². The van der Waals surface area contributed by atoms with Crippen molar-refractivity contribution < 1.29 is 18.0 Å². The van der Waals surface area contributed by atoms with Gasteiger partial charge in [-0.05, 0) is 74.4 Å². The summed E-state index contributed by atoms with van der Waals surface area (Å²) < 4.78 is 30.2. The smallest absolute Gasteiger partial charge is 0.264 e. The molecule has 2 atom stereocenters. The number of benzene rings is 3. The van der Waals surface area contributed by atoms with Crippen LogP contribution in [0.2, 0.25) is 0 Å². The SMILES string of the molecule is CC[C@H](C)NC(=O)[C@@H](C)N(Cc1ccc(Br)cc1)C(=O)CN(c1ccc(Br)cc1)S(=O)(=O)c1ccccc1. The number of nitrogens with zero attached hydrogens (tertiary/aromatic N) is 2. The fourth-order valence-electron chi connectivity index (χ4n) is 3.69. The highest BCUT2D eigenvalue weighted by atomic mass is 79.9. The largest absolute Gasteiger partial charge is 0.352 e. The maximum Gasteiger partial charge on any atom is 0.264 e. The number of anilines is 1. The van der Waals surface area contributed by atoms with E-state index in [0.717, 1.165) is 25.2 Å². The van der Waals surface area contributed by atoms with Crippen molar-refractivity contribution >= 4 is 59.4 Å². The van der Waals surface area contributed by atoms with E-state index in [1.54, 1.807) is 49.4 Å². The Hall–Kier alpha value is -2.69. The first kappa shape index (κ1) is 29.9. The highest BCUT2D eigenvalue weighted by molar-refractivity contribution is 9.10. The second-order valence-electron chi connectivity index (χ2n) is 8.94. The van der Waals surface area contributed by atoms with Crippen LogP contribution in [0.4, 0.5) is 5.69 Å². The van der Waals surface area contributed by atoms with E-state index in [-0.39, 0.29) is 23.4 Å². The number of hydrogen-bond acceptors (Lipinski definition) is 4. The first-order chi connectivity index (χ1) is 18.0. The first-order valence-electron chi connectivity index (χ1n) is 12.2. The van der Waals surface area contributed by atoms with Crippen LogP contribution in [0, 0.1) is 0 Å². The van der Waals surface area contributed by atoms with Crippen LogP contribution in [0.25, 0.3) is 0 Å². The molecule has 0 unspecified atom stereocenters. The molecule has 0 radical (unpaired) electrons. The third kappa shape index (κ3) is 7.68. The lowest BCUT2D eigenvalue weighted by molar-refractivity contribution is -0.139. The zero-order valence-corrected chi connectivity index (χ0v) is 25.5. The van der Waals surface area contributed by atoms with Crippen molar-refractivity contribution in [2.45, 2.75) is 50.7 Å². The molecule has 1 N–H and O–H groups in total. The Bertz CT molecular complexity index is 1330. The van der Waals surface area contributed by atoms with Gasteiger partial charge in [-0.1, -0.05) is 69.1 Å². The van der Waals surface area contributed by atoms with Gasteiger partial charge in [0, 0.05) is 21.5 Å². The molecule has 0 aliphatic rings. The van der Waals surface area contributed by atoms with Crippen LogP contribution in [0.1, 0.15) is 32.8 Å². The molecule has 0 aromatic heterocycles. The predicted molar refractivity (Wildman–Crippen MR) is 157 cm³/mol. The van der Waals surface area contributed by atoms with Gasteiger partial charge in [-0.25, -0.2) is 8.42 Å². The molecule has 2 amide bonds. The Morgan fingerprint density at radius 2 is 1.42 bits per heavy atom. The van der Waals surface area contributed by atoms with E-state index in [9.17, 15) is 18.0 Å². The van der Waals surface area contributed by atoms with Crippen LogP contribution in [-0.4, -0.2) is 43.8 Å². The Labute approximate surface area is 241 Å². The van der Waals surface area contributed by atoms with Crippen molar-refractivity contribution in [1.82, 2.24) is 10.2 Å². The molecule has 0 aliphatic carbocycles. The zero-order valence-electron chi connectivity index (χ0n) is 21.5. The molecule has 0 spiro atoms. The van der Waals surface area contributed by atoms with Crippen LogP contribution in [0.5, 0.6) is 0 Å². The summed E-state index contributed by atoms with van der Waals surface area (Å²) in [5.74, 6) is -0.798. The van der Waals surface area contributed by atoms with Crippen molar-refractivity contribution in [1.29, 1.82) is 0 Å². The molecule has 3 aromatic carbocycles. The van der Waals surface area contributed by atoms with Gasteiger partial charge in [0.05, 0.1) is 10.6 Å². The molecule has 10 heteroatoms. The number of rotatable bonds is 11. The molecular formula is C28H31Br2N3O4S. The Morgan fingerprint density at radius 1 is 0.868 bits per heavy atom. The molecule has 38 heavy (non-hydrogen) atoms. The molecule has 3 aromatic rings. The third-order valence-electron chi connectivity index (χ3n) is 6.16.